The number of rotatable bonds is 5. The first-order chi connectivity index (χ1) is 11.4. The Morgan fingerprint density at radius 3 is 2.62 bits per heavy atom. The second-order valence-corrected chi connectivity index (χ2v) is 7.09. The molecule has 1 N–H and O–H groups in total. The van der Waals surface area contributed by atoms with E-state index < -0.39 is 5.97 Å². The molecule has 5 nitrogen and oxygen atoms in total. The van der Waals surface area contributed by atoms with E-state index in [1.165, 1.54) is 18.4 Å². The Morgan fingerprint density at radius 1 is 1.29 bits per heavy atom. The van der Waals surface area contributed by atoms with Gasteiger partial charge in [-0.25, -0.2) is 4.79 Å². The highest BCUT2D eigenvalue weighted by Gasteiger charge is 2.23. The summed E-state index contributed by atoms with van der Waals surface area (Å²) in [4.78, 5) is 25.8. The Kier molecular flexibility index (Phi) is 6.01. The number of ether oxygens (including phenoxy) is 2. The summed E-state index contributed by atoms with van der Waals surface area (Å²) in [5.74, 6) is -0.181. The van der Waals surface area contributed by atoms with Crippen LogP contribution in [0.5, 0.6) is 5.75 Å². The maximum atomic E-state index is 12.6. The number of hydrogen-bond donors (Lipinski definition) is 1. The molecule has 24 heavy (non-hydrogen) atoms. The molecule has 2 rings (SSSR count). The fourth-order valence-corrected chi connectivity index (χ4v) is 3.61. The largest absolute Gasteiger partial charge is 0.497 e. The van der Waals surface area contributed by atoms with Crippen LogP contribution in [-0.2, 0) is 4.74 Å². The lowest BCUT2D eigenvalue weighted by atomic mass is 10.1. The number of esters is 1. The van der Waals surface area contributed by atoms with Gasteiger partial charge in [-0.3, -0.25) is 4.79 Å². The average Bonchev–Trinajstić information content (AvgIpc) is 2.82. The number of amides is 1. The number of anilines is 1. The normalized spacial score (nSPS) is 10.4. The zero-order chi connectivity index (χ0) is 17.9. The van der Waals surface area contributed by atoms with Gasteiger partial charge in [-0.1, -0.05) is 0 Å². The number of methoxy groups -OCH3 is 1. The maximum Gasteiger partial charge on any atom is 0.341 e. The zero-order valence-electron chi connectivity index (χ0n) is 13.9. The van der Waals surface area contributed by atoms with Crippen LogP contribution in [0.2, 0.25) is 0 Å². The molecule has 0 saturated heterocycles. The van der Waals surface area contributed by atoms with Crippen LogP contribution >= 0.6 is 27.3 Å². The molecule has 0 radical (unpaired) electrons. The third-order valence-electron chi connectivity index (χ3n) is 3.51. The smallest absolute Gasteiger partial charge is 0.341 e. The van der Waals surface area contributed by atoms with Crippen LogP contribution in [0, 0.1) is 13.8 Å². The molecule has 0 aliphatic carbocycles. The predicted molar refractivity (Wildman–Crippen MR) is 98.4 cm³/mol. The Morgan fingerprint density at radius 2 is 2.00 bits per heavy atom. The second-order valence-electron chi connectivity index (χ2n) is 5.01. The Hall–Kier alpha value is -1.86. The van der Waals surface area contributed by atoms with E-state index in [9.17, 15) is 9.59 Å². The number of halogens is 1. The number of aryl methyl sites for hydroxylation is 1. The van der Waals surface area contributed by atoms with Crippen molar-refractivity contribution in [3.05, 3.63) is 44.2 Å². The molecule has 0 atom stereocenters. The molecule has 0 bridgehead atoms. The first-order valence-corrected chi connectivity index (χ1v) is 8.92. The summed E-state index contributed by atoms with van der Waals surface area (Å²) in [5, 5.41) is 3.30. The van der Waals surface area contributed by atoms with Crippen LogP contribution < -0.4 is 10.1 Å². The van der Waals surface area contributed by atoms with Crippen LogP contribution in [0.4, 0.5) is 5.00 Å². The molecular formula is C17H18BrNO4S. The van der Waals surface area contributed by atoms with E-state index in [1.807, 2.05) is 13.8 Å². The molecule has 1 amide bonds. The topological polar surface area (TPSA) is 64.6 Å². The van der Waals surface area contributed by atoms with Crippen molar-refractivity contribution in [3.8, 4) is 5.75 Å². The van der Waals surface area contributed by atoms with E-state index in [0.717, 1.165) is 10.4 Å². The SMILES string of the molecule is CCOC(=O)c1c(NC(=O)c2cc(OC)ccc2Br)sc(C)c1C. The van der Waals surface area contributed by atoms with Crippen LogP contribution in [0.15, 0.2) is 22.7 Å². The molecule has 0 aliphatic heterocycles. The van der Waals surface area contributed by atoms with Crippen molar-refractivity contribution < 1.29 is 19.1 Å². The van der Waals surface area contributed by atoms with Gasteiger partial charge in [0, 0.05) is 9.35 Å². The third-order valence-corrected chi connectivity index (χ3v) is 5.32. The molecule has 1 aromatic carbocycles. The van der Waals surface area contributed by atoms with E-state index in [2.05, 4.69) is 21.2 Å². The Balaban J connectivity index is 2.36. The highest BCUT2D eigenvalue weighted by molar-refractivity contribution is 9.10. The van der Waals surface area contributed by atoms with Gasteiger partial charge in [0.15, 0.2) is 0 Å². The van der Waals surface area contributed by atoms with Crippen molar-refractivity contribution in [2.75, 3.05) is 19.0 Å². The van der Waals surface area contributed by atoms with Crippen molar-refractivity contribution in [3.63, 3.8) is 0 Å². The molecule has 0 saturated carbocycles. The molecular weight excluding hydrogens is 394 g/mol. The molecule has 0 aliphatic rings. The lowest BCUT2D eigenvalue weighted by Gasteiger charge is -2.09. The van der Waals surface area contributed by atoms with Gasteiger partial charge in [-0.05, 0) is 60.5 Å². The van der Waals surface area contributed by atoms with Crippen LogP contribution in [-0.4, -0.2) is 25.6 Å². The molecule has 0 spiro atoms. The monoisotopic (exact) mass is 411 g/mol. The second kappa shape index (κ2) is 7.81. The minimum atomic E-state index is -0.431. The van der Waals surface area contributed by atoms with Gasteiger partial charge >= 0.3 is 5.97 Å². The summed E-state index contributed by atoms with van der Waals surface area (Å²) in [7, 11) is 1.54. The molecule has 0 fully saturated rings. The van der Waals surface area contributed by atoms with E-state index in [-0.39, 0.29) is 12.5 Å². The lowest BCUT2D eigenvalue weighted by molar-refractivity contribution is 0.0527. The fourth-order valence-electron chi connectivity index (χ4n) is 2.14. The molecule has 1 aromatic heterocycles. The van der Waals surface area contributed by atoms with Gasteiger partial charge in [-0.15, -0.1) is 11.3 Å². The number of carbonyl (C=O) groups excluding carboxylic acids is 2. The van der Waals surface area contributed by atoms with Gasteiger partial charge in [0.05, 0.1) is 24.8 Å². The maximum absolute atomic E-state index is 12.6. The quantitative estimate of drug-likeness (QED) is 0.731. The van der Waals surface area contributed by atoms with Crippen molar-refractivity contribution in [2.45, 2.75) is 20.8 Å². The number of hydrogen-bond acceptors (Lipinski definition) is 5. The highest BCUT2D eigenvalue weighted by atomic mass is 79.9. The molecule has 2 aromatic rings. The molecule has 128 valence electrons. The van der Waals surface area contributed by atoms with E-state index in [0.29, 0.717) is 26.4 Å². The van der Waals surface area contributed by atoms with E-state index >= 15 is 0 Å². The predicted octanol–water partition coefficient (Wildman–Crippen LogP) is 4.57. The lowest BCUT2D eigenvalue weighted by Crippen LogP contribution is -2.15. The zero-order valence-corrected chi connectivity index (χ0v) is 16.3. The number of carbonyl (C=O) groups is 2. The van der Waals surface area contributed by atoms with Gasteiger partial charge in [-0.2, -0.15) is 0 Å². The number of thiophene rings is 1. The number of nitrogens with one attached hydrogen (secondary N) is 1. The summed E-state index contributed by atoms with van der Waals surface area (Å²) in [6.45, 7) is 5.77. The van der Waals surface area contributed by atoms with Crippen LogP contribution in [0.1, 0.15) is 38.1 Å². The van der Waals surface area contributed by atoms with Crippen LogP contribution in [0.3, 0.4) is 0 Å². The minimum Gasteiger partial charge on any atom is -0.497 e. The Labute approximate surface area is 153 Å². The fraction of sp³-hybridized carbons (Fsp3) is 0.294. The van der Waals surface area contributed by atoms with Crippen LogP contribution in [0.25, 0.3) is 0 Å². The van der Waals surface area contributed by atoms with Gasteiger partial charge in [0.2, 0.25) is 0 Å². The summed E-state index contributed by atoms with van der Waals surface area (Å²) in [5.41, 5.74) is 1.65. The van der Waals surface area contributed by atoms with Crippen molar-refractivity contribution in [2.24, 2.45) is 0 Å². The standard InChI is InChI=1S/C17H18BrNO4S/c1-5-23-17(21)14-9(2)10(3)24-16(14)19-15(20)12-8-11(22-4)6-7-13(12)18/h6-8H,5H2,1-4H3,(H,19,20). The third kappa shape index (κ3) is 3.79. The van der Waals surface area contributed by atoms with Crippen molar-refractivity contribution in [1.82, 2.24) is 0 Å². The van der Waals surface area contributed by atoms with Gasteiger partial charge in [0.1, 0.15) is 10.8 Å². The summed E-state index contributed by atoms with van der Waals surface area (Å²) in [6, 6.07) is 5.13. The van der Waals surface area contributed by atoms with E-state index in [4.69, 9.17) is 9.47 Å². The van der Waals surface area contributed by atoms with Gasteiger partial charge in [0.25, 0.3) is 5.91 Å². The molecule has 1 heterocycles. The van der Waals surface area contributed by atoms with Gasteiger partial charge < -0.3 is 14.8 Å². The first-order valence-electron chi connectivity index (χ1n) is 7.31. The molecule has 7 heteroatoms. The van der Waals surface area contributed by atoms with E-state index in [1.54, 1.807) is 25.1 Å². The average molecular weight is 412 g/mol. The van der Waals surface area contributed by atoms with Crippen molar-refractivity contribution in [1.29, 1.82) is 0 Å². The summed E-state index contributed by atoms with van der Waals surface area (Å²) < 4.78 is 10.9. The van der Waals surface area contributed by atoms with Crippen molar-refractivity contribution >= 4 is 44.1 Å². The Bertz CT molecular complexity index is 785. The first kappa shape index (κ1) is 18.5. The summed E-state index contributed by atoms with van der Waals surface area (Å²) in [6.07, 6.45) is 0. The summed E-state index contributed by atoms with van der Waals surface area (Å²) >= 11 is 4.72. The molecule has 0 unspecified atom stereocenters. The minimum absolute atomic E-state index is 0.280. The highest BCUT2D eigenvalue weighted by Crippen LogP contribution is 2.34. The number of benzene rings is 1.